The van der Waals surface area contributed by atoms with Crippen LogP contribution in [0.5, 0.6) is 0 Å². The summed E-state index contributed by atoms with van der Waals surface area (Å²) in [6.45, 7) is 0.797. The molecule has 1 unspecified atom stereocenters. The molecule has 0 bridgehead atoms. The smallest absolute Gasteiger partial charge is 0.407 e. The zero-order valence-corrected chi connectivity index (χ0v) is 21.8. The molecule has 1 atom stereocenters. The number of hydrogen-bond donors (Lipinski definition) is 3. The van der Waals surface area contributed by atoms with Crippen LogP contribution < -0.4 is 10.6 Å². The molecule has 0 fully saturated rings. The van der Waals surface area contributed by atoms with Gasteiger partial charge in [-0.1, -0.05) is 78.9 Å². The first kappa shape index (κ1) is 26.7. The van der Waals surface area contributed by atoms with E-state index in [0.717, 1.165) is 27.8 Å². The average Bonchev–Trinajstić information content (AvgIpc) is 3.55. The zero-order valence-electron chi connectivity index (χ0n) is 21.8. The number of fused-ring (bicyclic) bond motifs is 3. The molecular weight excluding hydrogens is 508 g/mol. The van der Waals surface area contributed by atoms with Gasteiger partial charge >= 0.3 is 12.1 Å². The first-order valence-corrected chi connectivity index (χ1v) is 13.1. The van der Waals surface area contributed by atoms with Gasteiger partial charge in [-0.05, 0) is 34.2 Å². The third-order valence-corrected chi connectivity index (χ3v) is 7.02. The van der Waals surface area contributed by atoms with E-state index in [1.807, 2.05) is 89.6 Å². The summed E-state index contributed by atoms with van der Waals surface area (Å²) in [5.74, 6) is -1.07. The van der Waals surface area contributed by atoms with Crippen molar-refractivity contribution >= 4 is 18.0 Å². The molecule has 4 aromatic rings. The Hall–Kier alpha value is -4.92. The van der Waals surface area contributed by atoms with E-state index in [-0.39, 0.29) is 31.9 Å². The number of aromatic nitrogens is 2. The van der Waals surface area contributed by atoms with Crippen molar-refractivity contribution in [3.8, 4) is 11.1 Å². The second-order valence-corrected chi connectivity index (χ2v) is 9.63. The highest BCUT2D eigenvalue weighted by Gasteiger charge is 2.30. The number of hydrogen-bond acceptors (Lipinski definition) is 5. The van der Waals surface area contributed by atoms with Crippen LogP contribution in [0.2, 0.25) is 0 Å². The maximum absolute atomic E-state index is 13.0. The number of benzene rings is 3. The van der Waals surface area contributed by atoms with E-state index < -0.39 is 24.0 Å². The lowest BCUT2D eigenvalue weighted by Gasteiger charge is -2.19. The van der Waals surface area contributed by atoms with E-state index in [0.29, 0.717) is 12.4 Å². The number of ether oxygens (including phenoxy) is 1. The van der Waals surface area contributed by atoms with E-state index in [9.17, 15) is 19.5 Å². The van der Waals surface area contributed by atoms with E-state index >= 15 is 0 Å². The first-order chi connectivity index (χ1) is 19.5. The van der Waals surface area contributed by atoms with Crippen LogP contribution in [0.1, 0.15) is 41.3 Å². The number of nitrogens with one attached hydrogen (secondary N) is 2. The third kappa shape index (κ3) is 6.20. The number of nitrogens with zero attached hydrogens (tertiary/aromatic N) is 2. The summed E-state index contributed by atoms with van der Waals surface area (Å²) < 4.78 is 7.49. The van der Waals surface area contributed by atoms with Gasteiger partial charge in [0.05, 0.1) is 6.54 Å². The molecule has 2 amide bonds. The van der Waals surface area contributed by atoms with Crippen LogP contribution in [0.4, 0.5) is 4.79 Å². The minimum atomic E-state index is -1.08. The fourth-order valence-electron chi connectivity index (χ4n) is 5.04. The van der Waals surface area contributed by atoms with Crippen molar-refractivity contribution < 1.29 is 24.2 Å². The Bertz CT molecular complexity index is 1450. The second kappa shape index (κ2) is 12.3. The lowest BCUT2D eigenvalue weighted by molar-refractivity contribution is -0.137. The van der Waals surface area contributed by atoms with Crippen LogP contribution in [0.3, 0.4) is 0 Å². The summed E-state index contributed by atoms with van der Waals surface area (Å²) >= 11 is 0. The molecule has 3 aromatic carbocycles. The Balaban J connectivity index is 1.20. The van der Waals surface area contributed by atoms with Crippen LogP contribution in [0.25, 0.3) is 11.1 Å². The van der Waals surface area contributed by atoms with Crippen molar-refractivity contribution in [2.45, 2.75) is 37.9 Å². The normalized spacial score (nSPS) is 12.7. The summed E-state index contributed by atoms with van der Waals surface area (Å²) in [4.78, 5) is 41.4. The Labute approximate surface area is 231 Å². The number of carboxylic acids is 1. The van der Waals surface area contributed by atoms with Gasteiger partial charge in [0.25, 0.3) is 0 Å². The van der Waals surface area contributed by atoms with Gasteiger partial charge in [-0.3, -0.25) is 9.59 Å². The van der Waals surface area contributed by atoms with Crippen LogP contribution in [-0.2, 0) is 27.4 Å². The SMILES string of the molecule is O=C(O)CCC(NC(=O)OCC1c2ccccc2-c2ccccc21)C(=O)NCc1nccn1Cc1ccccc1. The molecule has 1 heterocycles. The minimum Gasteiger partial charge on any atom is -0.481 e. The van der Waals surface area contributed by atoms with E-state index in [2.05, 4.69) is 15.6 Å². The highest BCUT2D eigenvalue weighted by Crippen LogP contribution is 2.44. The number of carbonyl (C=O) groups excluding carboxylic acids is 2. The summed E-state index contributed by atoms with van der Waals surface area (Å²) in [6.07, 6.45) is 2.33. The Morgan fingerprint density at radius 2 is 1.57 bits per heavy atom. The molecular formula is C31H30N4O5. The van der Waals surface area contributed by atoms with E-state index in [1.54, 1.807) is 6.20 Å². The monoisotopic (exact) mass is 538 g/mol. The van der Waals surface area contributed by atoms with E-state index in [1.165, 1.54) is 0 Å². The van der Waals surface area contributed by atoms with Gasteiger partial charge in [0.15, 0.2) is 0 Å². The average molecular weight is 539 g/mol. The summed E-state index contributed by atoms with van der Waals surface area (Å²) in [5.41, 5.74) is 5.45. The van der Waals surface area contributed by atoms with Crippen LogP contribution in [-0.4, -0.2) is 45.3 Å². The predicted molar refractivity (Wildman–Crippen MR) is 148 cm³/mol. The molecule has 9 nitrogen and oxygen atoms in total. The second-order valence-electron chi connectivity index (χ2n) is 9.63. The highest BCUT2D eigenvalue weighted by molar-refractivity contribution is 5.86. The molecule has 1 aliphatic carbocycles. The number of rotatable bonds is 11. The maximum Gasteiger partial charge on any atom is 0.407 e. The number of imidazole rings is 1. The fraction of sp³-hybridized carbons (Fsp3) is 0.226. The van der Waals surface area contributed by atoms with Gasteiger partial charge in [0.1, 0.15) is 18.5 Å². The van der Waals surface area contributed by atoms with Crippen molar-refractivity contribution in [2.24, 2.45) is 0 Å². The summed E-state index contributed by atoms with van der Waals surface area (Å²) in [7, 11) is 0. The topological polar surface area (TPSA) is 123 Å². The molecule has 0 aliphatic heterocycles. The van der Waals surface area contributed by atoms with Crippen molar-refractivity contribution in [1.29, 1.82) is 0 Å². The molecule has 40 heavy (non-hydrogen) atoms. The summed E-state index contributed by atoms with van der Waals surface area (Å²) in [5, 5.41) is 14.5. The molecule has 0 saturated carbocycles. The van der Waals surface area contributed by atoms with Crippen molar-refractivity contribution in [2.75, 3.05) is 6.61 Å². The van der Waals surface area contributed by atoms with Crippen molar-refractivity contribution in [3.05, 3.63) is 114 Å². The lowest BCUT2D eigenvalue weighted by Crippen LogP contribution is -2.47. The fourth-order valence-corrected chi connectivity index (χ4v) is 5.04. The van der Waals surface area contributed by atoms with Gasteiger partial charge in [-0.25, -0.2) is 9.78 Å². The first-order valence-electron chi connectivity index (χ1n) is 13.1. The maximum atomic E-state index is 13.0. The van der Waals surface area contributed by atoms with Gasteiger partial charge in [0.2, 0.25) is 5.91 Å². The molecule has 5 rings (SSSR count). The Morgan fingerprint density at radius 3 is 2.25 bits per heavy atom. The van der Waals surface area contributed by atoms with Gasteiger partial charge in [0, 0.05) is 31.3 Å². The summed E-state index contributed by atoms with van der Waals surface area (Å²) in [6, 6.07) is 24.8. The van der Waals surface area contributed by atoms with Crippen molar-refractivity contribution in [3.63, 3.8) is 0 Å². The number of aliphatic carboxylic acids is 1. The molecule has 1 aliphatic rings. The largest absolute Gasteiger partial charge is 0.481 e. The van der Waals surface area contributed by atoms with Crippen molar-refractivity contribution in [1.82, 2.24) is 20.2 Å². The van der Waals surface area contributed by atoms with Gasteiger partial charge in [-0.15, -0.1) is 0 Å². The molecule has 9 heteroatoms. The lowest BCUT2D eigenvalue weighted by atomic mass is 9.98. The number of carbonyl (C=O) groups is 3. The van der Waals surface area contributed by atoms with Crippen LogP contribution >= 0.6 is 0 Å². The Kier molecular flexibility index (Phi) is 8.20. The van der Waals surface area contributed by atoms with Crippen LogP contribution in [0.15, 0.2) is 91.3 Å². The van der Waals surface area contributed by atoms with Gasteiger partial charge in [-0.2, -0.15) is 0 Å². The Morgan fingerprint density at radius 1 is 0.925 bits per heavy atom. The minimum absolute atomic E-state index is 0.0795. The number of alkyl carbamates (subject to hydrolysis) is 1. The molecule has 3 N–H and O–H groups in total. The number of carboxylic acid groups (broad SMARTS) is 1. The third-order valence-electron chi connectivity index (χ3n) is 7.02. The highest BCUT2D eigenvalue weighted by atomic mass is 16.5. The number of amides is 2. The molecule has 0 radical (unpaired) electrons. The standard InChI is InChI=1S/C31H30N4O5/c36-29(37)15-14-27(30(38)33-18-28-32-16-17-35(28)19-21-8-2-1-3-9-21)34-31(39)40-20-26-24-12-6-4-10-22(24)23-11-5-7-13-25(23)26/h1-13,16-17,26-27H,14-15,18-20H2,(H,33,38)(H,34,39)(H,36,37). The molecule has 0 saturated heterocycles. The quantitative estimate of drug-likeness (QED) is 0.261. The van der Waals surface area contributed by atoms with Gasteiger partial charge < -0.3 is 25.0 Å². The molecule has 204 valence electrons. The predicted octanol–water partition coefficient (Wildman–Crippen LogP) is 4.32. The molecule has 0 spiro atoms. The van der Waals surface area contributed by atoms with E-state index in [4.69, 9.17) is 4.74 Å². The van der Waals surface area contributed by atoms with Crippen LogP contribution in [0, 0.1) is 0 Å². The molecule has 1 aromatic heterocycles. The zero-order chi connectivity index (χ0) is 27.9.